The summed E-state index contributed by atoms with van der Waals surface area (Å²) in [5, 5.41) is 15.4. The molecule has 0 bridgehead atoms. The van der Waals surface area contributed by atoms with Crippen molar-refractivity contribution < 1.29 is 9.53 Å². The van der Waals surface area contributed by atoms with Crippen LogP contribution in [0, 0.1) is 0 Å². The van der Waals surface area contributed by atoms with Gasteiger partial charge in [-0.05, 0) is 71.0 Å². The Balaban J connectivity index is 1.23. The molecule has 1 aliphatic carbocycles. The Hall–Kier alpha value is -4.00. The van der Waals surface area contributed by atoms with Crippen molar-refractivity contribution >= 4 is 11.6 Å². The summed E-state index contributed by atoms with van der Waals surface area (Å²) in [6.45, 7) is 0.00795. The first-order chi connectivity index (χ1) is 15.7. The van der Waals surface area contributed by atoms with Gasteiger partial charge >= 0.3 is 0 Å². The molecule has 0 saturated carbocycles. The second-order valence-electron chi connectivity index (χ2n) is 7.83. The maximum Gasteiger partial charge on any atom is 0.248 e. The second-order valence-corrected chi connectivity index (χ2v) is 7.83. The lowest BCUT2D eigenvalue weighted by Gasteiger charge is -2.07. The number of nitrogens with zero attached hydrogens (tertiary/aromatic N) is 4. The van der Waals surface area contributed by atoms with Crippen molar-refractivity contribution in [3.8, 4) is 28.3 Å². The molecule has 160 valence electrons. The van der Waals surface area contributed by atoms with Crippen LogP contribution in [0.2, 0.25) is 0 Å². The van der Waals surface area contributed by atoms with Gasteiger partial charge in [-0.1, -0.05) is 42.5 Å². The van der Waals surface area contributed by atoms with Gasteiger partial charge in [-0.15, -0.1) is 10.2 Å². The van der Waals surface area contributed by atoms with E-state index in [1.165, 1.54) is 22.3 Å². The first-order valence-corrected chi connectivity index (χ1v) is 10.6. The number of methoxy groups -OCH3 is 1. The molecular formula is C25H23N5O2. The van der Waals surface area contributed by atoms with Crippen molar-refractivity contribution in [1.29, 1.82) is 0 Å². The zero-order chi connectivity index (χ0) is 21.9. The molecule has 1 heterocycles. The minimum absolute atomic E-state index is 0.00795. The van der Waals surface area contributed by atoms with Gasteiger partial charge in [0.15, 0.2) is 0 Å². The van der Waals surface area contributed by atoms with E-state index in [4.69, 9.17) is 4.74 Å². The molecule has 1 amide bonds. The van der Waals surface area contributed by atoms with Gasteiger partial charge in [0.1, 0.15) is 12.3 Å². The Bertz CT molecular complexity index is 1250. The van der Waals surface area contributed by atoms with Crippen molar-refractivity contribution in [2.75, 3.05) is 12.4 Å². The number of benzene rings is 3. The number of aryl methyl sites for hydroxylation is 2. The summed E-state index contributed by atoms with van der Waals surface area (Å²) < 4.78 is 5.21. The minimum atomic E-state index is -0.179. The molecule has 0 fully saturated rings. The number of hydrogen-bond acceptors (Lipinski definition) is 5. The Kier molecular flexibility index (Phi) is 5.37. The summed E-state index contributed by atoms with van der Waals surface area (Å²) in [7, 11) is 1.65. The van der Waals surface area contributed by atoms with E-state index in [1.54, 1.807) is 7.11 Å². The summed E-state index contributed by atoms with van der Waals surface area (Å²) in [6, 6.07) is 21.9. The highest BCUT2D eigenvalue weighted by Gasteiger charge is 2.13. The fourth-order valence-corrected chi connectivity index (χ4v) is 4.00. The van der Waals surface area contributed by atoms with Crippen LogP contribution in [0.1, 0.15) is 17.5 Å². The number of nitrogens with one attached hydrogen (secondary N) is 1. The quantitative estimate of drug-likeness (QED) is 0.502. The molecular weight excluding hydrogens is 402 g/mol. The normalized spacial score (nSPS) is 12.4. The van der Waals surface area contributed by atoms with Crippen LogP contribution < -0.4 is 10.1 Å². The number of amides is 1. The predicted molar refractivity (Wildman–Crippen MR) is 122 cm³/mol. The van der Waals surface area contributed by atoms with E-state index >= 15 is 0 Å². The lowest BCUT2D eigenvalue weighted by atomic mass is 10.0. The van der Waals surface area contributed by atoms with Gasteiger partial charge in [0.25, 0.3) is 0 Å². The number of aromatic nitrogens is 4. The molecule has 0 atom stereocenters. The number of anilines is 1. The number of ether oxygens (including phenoxy) is 1. The van der Waals surface area contributed by atoms with Crippen LogP contribution in [0.3, 0.4) is 0 Å². The topological polar surface area (TPSA) is 81.9 Å². The Morgan fingerprint density at radius 1 is 0.938 bits per heavy atom. The Morgan fingerprint density at radius 3 is 2.38 bits per heavy atom. The van der Waals surface area contributed by atoms with Gasteiger partial charge < -0.3 is 10.1 Å². The average molecular weight is 425 g/mol. The van der Waals surface area contributed by atoms with Gasteiger partial charge in [0.2, 0.25) is 11.7 Å². The number of carbonyl (C=O) groups is 1. The van der Waals surface area contributed by atoms with E-state index in [9.17, 15) is 4.79 Å². The van der Waals surface area contributed by atoms with Crippen LogP contribution in [0.15, 0.2) is 66.7 Å². The van der Waals surface area contributed by atoms with Crippen LogP contribution in [0.4, 0.5) is 5.69 Å². The summed E-state index contributed by atoms with van der Waals surface area (Å²) in [5.74, 6) is 1.13. The summed E-state index contributed by atoms with van der Waals surface area (Å²) >= 11 is 0. The van der Waals surface area contributed by atoms with E-state index in [1.807, 2.05) is 54.6 Å². The molecule has 7 heteroatoms. The van der Waals surface area contributed by atoms with Crippen LogP contribution in [0.5, 0.6) is 5.75 Å². The number of rotatable bonds is 6. The number of fused-ring (bicyclic) bond motifs is 1. The molecule has 0 aliphatic heterocycles. The second kappa shape index (κ2) is 8.63. The van der Waals surface area contributed by atoms with Gasteiger partial charge in [0, 0.05) is 11.3 Å². The molecule has 1 aromatic heterocycles. The smallest absolute Gasteiger partial charge is 0.248 e. The first kappa shape index (κ1) is 19.9. The highest BCUT2D eigenvalue weighted by Crippen LogP contribution is 2.26. The maximum absolute atomic E-state index is 12.4. The fraction of sp³-hybridized carbons (Fsp3) is 0.200. The Labute approximate surface area is 186 Å². The van der Waals surface area contributed by atoms with Crippen molar-refractivity contribution in [2.45, 2.75) is 25.8 Å². The molecule has 7 nitrogen and oxygen atoms in total. The van der Waals surface area contributed by atoms with Crippen LogP contribution in [-0.4, -0.2) is 33.2 Å². The summed E-state index contributed by atoms with van der Waals surface area (Å²) in [6.07, 6.45) is 3.38. The molecule has 32 heavy (non-hydrogen) atoms. The van der Waals surface area contributed by atoms with Crippen molar-refractivity contribution in [3.63, 3.8) is 0 Å². The third-order valence-electron chi connectivity index (χ3n) is 5.69. The van der Waals surface area contributed by atoms with E-state index in [2.05, 4.69) is 32.9 Å². The highest BCUT2D eigenvalue weighted by molar-refractivity contribution is 5.90. The predicted octanol–water partition coefficient (Wildman–Crippen LogP) is 4.14. The van der Waals surface area contributed by atoms with Crippen molar-refractivity contribution in [3.05, 3.63) is 77.9 Å². The molecule has 0 radical (unpaired) electrons. The third kappa shape index (κ3) is 4.23. The summed E-state index contributed by atoms with van der Waals surface area (Å²) in [5.41, 5.74) is 6.53. The van der Waals surface area contributed by atoms with E-state index < -0.39 is 0 Å². The standard InChI is InChI=1S/C25H23N5O2/c1-32-23-13-10-19(11-14-23)18-5-7-20(8-6-18)25-27-29-30(28-25)16-24(31)26-22-12-9-17-3-2-4-21(17)15-22/h5-15H,2-4,16H2,1H3,(H,26,31). The van der Waals surface area contributed by atoms with Gasteiger partial charge in [-0.2, -0.15) is 4.80 Å². The molecule has 5 rings (SSSR count). The van der Waals surface area contributed by atoms with Gasteiger partial charge in [-0.3, -0.25) is 4.79 Å². The summed E-state index contributed by atoms with van der Waals surface area (Å²) in [4.78, 5) is 13.7. The van der Waals surface area contributed by atoms with E-state index in [0.717, 1.165) is 41.0 Å². The molecule has 1 N–H and O–H groups in total. The highest BCUT2D eigenvalue weighted by atomic mass is 16.5. The molecule has 1 aliphatic rings. The van der Waals surface area contributed by atoms with Gasteiger partial charge in [-0.25, -0.2) is 0 Å². The van der Waals surface area contributed by atoms with Gasteiger partial charge in [0.05, 0.1) is 7.11 Å². The minimum Gasteiger partial charge on any atom is -0.497 e. The lowest BCUT2D eigenvalue weighted by molar-refractivity contribution is -0.117. The van der Waals surface area contributed by atoms with Crippen molar-refractivity contribution in [2.24, 2.45) is 0 Å². The van der Waals surface area contributed by atoms with Crippen LogP contribution in [-0.2, 0) is 24.2 Å². The van der Waals surface area contributed by atoms with Crippen LogP contribution >= 0.6 is 0 Å². The average Bonchev–Trinajstić information content (AvgIpc) is 3.48. The van der Waals surface area contributed by atoms with E-state index in [0.29, 0.717) is 5.82 Å². The molecule has 0 spiro atoms. The zero-order valence-corrected chi connectivity index (χ0v) is 17.8. The fourth-order valence-electron chi connectivity index (χ4n) is 4.00. The molecule has 0 unspecified atom stereocenters. The molecule has 0 saturated heterocycles. The number of hydrogen-bond donors (Lipinski definition) is 1. The maximum atomic E-state index is 12.4. The monoisotopic (exact) mass is 425 g/mol. The third-order valence-corrected chi connectivity index (χ3v) is 5.69. The van der Waals surface area contributed by atoms with E-state index in [-0.39, 0.29) is 12.5 Å². The lowest BCUT2D eigenvalue weighted by Crippen LogP contribution is -2.20. The largest absolute Gasteiger partial charge is 0.497 e. The SMILES string of the molecule is COc1ccc(-c2ccc(-c3nnn(CC(=O)Nc4ccc5c(c4)CCC5)n3)cc2)cc1. The van der Waals surface area contributed by atoms with Crippen LogP contribution in [0.25, 0.3) is 22.5 Å². The van der Waals surface area contributed by atoms with Crippen molar-refractivity contribution in [1.82, 2.24) is 20.2 Å². The number of tetrazole rings is 1. The Morgan fingerprint density at radius 2 is 1.62 bits per heavy atom. The zero-order valence-electron chi connectivity index (χ0n) is 17.8. The first-order valence-electron chi connectivity index (χ1n) is 10.6. The molecule has 3 aromatic carbocycles. The molecule has 4 aromatic rings. The number of carbonyl (C=O) groups excluding carboxylic acids is 1.